The molecule has 0 unspecified atom stereocenters. The summed E-state index contributed by atoms with van der Waals surface area (Å²) in [5.74, 6) is 0.385. The van der Waals surface area contributed by atoms with Crippen molar-refractivity contribution < 1.29 is 4.79 Å². The number of Topliss-reactive ketones (excluding diaryl/α,β-unsaturated/α-hetero) is 1. The zero-order chi connectivity index (χ0) is 10.2. The summed E-state index contributed by atoms with van der Waals surface area (Å²) in [6.45, 7) is 3.70. The Bertz CT molecular complexity index is 225. The first kappa shape index (κ1) is 11.2. The fourth-order valence-corrected chi connectivity index (χ4v) is 1.85. The number of unbranched alkanes of at least 4 members (excludes halogenated alkanes) is 4. The third-order valence-electron chi connectivity index (χ3n) is 2.72. The van der Waals surface area contributed by atoms with Crippen molar-refractivity contribution >= 4 is 5.78 Å². The number of hydrogen-bond acceptors (Lipinski definition) is 1. The molecule has 0 fully saturated rings. The lowest BCUT2D eigenvalue weighted by Gasteiger charge is -2.00. The van der Waals surface area contributed by atoms with Crippen LogP contribution in [0.4, 0.5) is 0 Å². The number of carbonyl (C=O) groups is 1. The number of carbonyl (C=O) groups excluding carboxylic acids is 1. The van der Waals surface area contributed by atoms with Gasteiger partial charge in [0.15, 0.2) is 5.78 Å². The molecule has 78 valence electrons. The van der Waals surface area contributed by atoms with Crippen molar-refractivity contribution in [2.45, 2.75) is 51.4 Å². The quantitative estimate of drug-likeness (QED) is 0.443. The second-order valence-corrected chi connectivity index (χ2v) is 3.93. The van der Waals surface area contributed by atoms with Crippen LogP contribution in [0.25, 0.3) is 0 Å². The molecule has 0 atom stereocenters. The van der Waals surface area contributed by atoms with Crippen molar-refractivity contribution in [3.63, 3.8) is 0 Å². The molecule has 0 bridgehead atoms. The Morgan fingerprint density at radius 3 is 2.71 bits per heavy atom. The topological polar surface area (TPSA) is 17.1 Å². The minimum atomic E-state index is 0.385. The van der Waals surface area contributed by atoms with E-state index in [2.05, 4.69) is 12.7 Å². The van der Waals surface area contributed by atoms with Crippen LogP contribution in [-0.4, -0.2) is 5.78 Å². The fourth-order valence-electron chi connectivity index (χ4n) is 1.85. The molecule has 0 radical (unpaired) electrons. The molecule has 1 nitrogen and oxygen atoms in total. The molecule has 0 heterocycles. The maximum absolute atomic E-state index is 11.3. The normalized spacial score (nSPS) is 15.7. The number of rotatable bonds is 7. The van der Waals surface area contributed by atoms with E-state index in [0.29, 0.717) is 5.78 Å². The highest BCUT2D eigenvalue weighted by atomic mass is 16.1. The van der Waals surface area contributed by atoms with E-state index in [4.69, 9.17) is 0 Å². The van der Waals surface area contributed by atoms with Gasteiger partial charge >= 0.3 is 0 Å². The van der Waals surface area contributed by atoms with Gasteiger partial charge in [-0.25, -0.2) is 0 Å². The monoisotopic (exact) mass is 192 g/mol. The van der Waals surface area contributed by atoms with Gasteiger partial charge in [0.2, 0.25) is 0 Å². The molecule has 0 aromatic heterocycles. The van der Waals surface area contributed by atoms with E-state index in [-0.39, 0.29) is 0 Å². The van der Waals surface area contributed by atoms with Gasteiger partial charge in [0, 0.05) is 6.42 Å². The average molecular weight is 192 g/mol. The van der Waals surface area contributed by atoms with Gasteiger partial charge in [-0.1, -0.05) is 25.0 Å². The standard InChI is InChI=1S/C13H20O/c1-2-3-4-5-6-7-9-12-10-8-11-13(12)14/h2,10H,1,3-9,11H2. The maximum Gasteiger partial charge on any atom is 0.158 e. The van der Waals surface area contributed by atoms with Crippen LogP contribution < -0.4 is 0 Å². The Kier molecular flexibility index (Phi) is 5.28. The van der Waals surface area contributed by atoms with Crippen LogP contribution in [-0.2, 0) is 4.79 Å². The van der Waals surface area contributed by atoms with Crippen LogP contribution >= 0.6 is 0 Å². The van der Waals surface area contributed by atoms with E-state index >= 15 is 0 Å². The number of hydrogen-bond donors (Lipinski definition) is 0. The highest BCUT2D eigenvalue weighted by Crippen LogP contribution is 2.20. The second kappa shape index (κ2) is 6.58. The van der Waals surface area contributed by atoms with E-state index in [1.165, 1.54) is 25.7 Å². The minimum Gasteiger partial charge on any atom is -0.295 e. The van der Waals surface area contributed by atoms with E-state index in [0.717, 1.165) is 31.3 Å². The molecule has 0 amide bonds. The molecular weight excluding hydrogens is 172 g/mol. The van der Waals surface area contributed by atoms with E-state index in [1.54, 1.807) is 0 Å². The smallest absolute Gasteiger partial charge is 0.158 e. The van der Waals surface area contributed by atoms with Gasteiger partial charge in [-0.2, -0.15) is 0 Å². The summed E-state index contributed by atoms with van der Waals surface area (Å²) in [5, 5.41) is 0. The molecule has 0 aromatic carbocycles. The fraction of sp³-hybridized carbons (Fsp3) is 0.615. The van der Waals surface area contributed by atoms with Crippen molar-refractivity contribution in [3.05, 3.63) is 24.3 Å². The summed E-state index contributed by atoms with van der Waals surface area (Å²) in [6.07, 6.45) is 12.9. The van der Waals surface area contributed by atoms with Crippen molar-refractivity contribution in [3.8, 4) is 0 Å². The molecule has 0 aliphatic heterocycles. The summed E-state index contributed by atoms with van der Waals surface area (Å²) < 4.78 is 0. The molecule has 0 N–H and O–H groups in total. The van der Waals surface area contributed by atoms with E-state index < -0.39 is 0 Å². The summed E-state index contributed by atoms with van der Waals surface area (Å²) in [6, 6.07) is 0. The van der Waals surface area contributed by atoms with Gasteiger partial charge in [0.1, 0.15) is 0 Å². The number of ketones is 1. The Hall–Kier alpha value is -0.850. The van der Waals surface area contributed by atoms with Crippen LogP contribution in [0.2, 0.25) is 0 Å². The van der Waals surface area contributed by atoms with Crippen LogP contribution in [0.3, 0.4) is 0 Å². The van der Waals surface area contributed by atoms with E-state index in [1.807, 2.05) is 6.08 Å². The molecule has 14 heavy (non-hydrogen) atoms. The molecule has 1 heteroatoms. The molecule has 1 aliphatic carbocycles. The summed E-state index contributed by atoms with van der Waals surface area (Å²) in [7, 11) is 0. The Morgan fingerprint density at radius 1 is 1.29 bits per heavy atom. The van der Waals surface area contributed by atoms with Gasteiger partial charge in [0.25, 0.3) is 0 Å². The predicted octanol–water partition coefficient (Wildman–Crippen LogP) is 3.80. The molecule has 1 aliphatic rings. The Labute approximate surface area is 86.9 Å². The minimum absolute atomic E-state index is 0.385. The van der Waals surface area contributed by atoms with Crippen LogP contribution in [0.1, 0.15) is 51.4 Å². The van der Waals surface area contributed by atoms with Crippen LogP contribution in [0.5, 0.6) is 0 Å². The SMILES string of the molecule is C=CCCCCCCC1=CCCC1=O. The molecule has 0 spiro atoms. The maximum atomic E-state index is 11.3. The molecule has 1 rings (SSSR count). The zero-order valence-electron chi connectivity index (χ0n) is 8.93. The Morgan fingerprint density at radius 2 is 2.07 bits per heavy atom. The highest BCUT2D eigenvalue weighted by molar-refractivity contribution is 5.97. The first-order chi connectivity index (χ1) is 6.84. The van der Waals surface area contributed by atoms with Gasteiger partial charge in [0.05, 0.1) is 0 Å². The lowest BCUT2D eigenvalue weighted by atomic mass is 10.0. The van der Waals surface area contributed by atoms with Gasteiger partial charge in [-0.05, 0) is 37.7 Å². The van der Waals surface area contributed by atoms with Gasteiger partial charge < -0.3 is 0 Å². The Balaban J connectivity index is 1.98. The summed E-state index contributed by atoms with van der Waals surface area (Å²) >= 11 is 0. The molecule has 0 aromatic rings. The first-order valence-electron chi connectivity index (χ1n) is 5.67. The van der Waals surface area contributed by atoms with Gasteiger partial charge in [-0.15, -0.1) is 6.58 Å². The first-order valence-corrected chi connectivity index (χ1v) is 5.67. The van der Waals surface area contributed by atoms with Crippen LogP contribution in [0, 0.1) is 0 Å². The molecule has 0 saturated carbocycles. The largest absolute Gasteiger partial charge is 0.295 e. The lowest BCUT2D eigenvalue weighted by molar-refractivity contribution is -0.115. The average Bonchev–Trinajstić information content (AvgIpc) is 2.58. The summed E-state index contributed by atoms with van der Waals surface area (Å²) in [4.78, 5) is 11.3. The molecular formula is C13H20O. The van der Waals surface area contributed by atoms with Crippen LogP contribution in [0.15, 0.2) is 24.3 Å². The van der Waals surface area contributed by atoms with Crippen molar-refractivity contribution in [1.29, 1.82) is 0 Å². The van der Waals surface area contributed by atoms with Crippen molar-refractivity contribution in [1.82, 2.24) is 0 Å². The highest BCUT2D eigenvalue weighted by Gasteiger charge is 2.13. The predicted molar refractivity (Wildman–Crippen MR) is 60.2 cm³/mol. The van der Waals surface area contributed by atoms with Gasteiger partial charge in [-0.3, -0.25) is 4.79 Å². The zero-order valence-corrected chi connectivity index (χ0v) is 8.93. The summed E-state index contributed by atoms with van der Waals surface area (Å²) in [5.41, 5.74) is 1.09. The molecule has 0 saturated heterocycles. The van der Waals surface area contributed by atoms with Crippen molar-refractivity contribution in [2.75, 3.05) is 0 Å². The number of allylic oxidation sites excluding steroid dienone is 3. The second-order valence-electron chi connectivity index (χ2n) is 3.93. The third-order valence-corrected chi connectivity index (χ3v) is 2.72. The van der Waals surface area contributed by atoms with E-state index in [9.17, 15) is 4.79 Å². The lowest BCUT2D eigenvalue weighted by Crippen LogP contribution is -1.95. The van der Waals surface area contributed by atoms with Crippen molar-refractivity contribution in [2.24, 2.45) is 0 Å². The third kappa shape index (κ3) is 3.91.